The van der Waals surface area contributed by atoms with Crippen LogP contribution in [0.25, 0.3) is 16.2 Å². The van der Waals surface area contributed by atoms with Gasteiger partial charge < -0.3 is 14.8 Å². The van der Waals surface area contributed by atoms with Crippen molar-refractivity contribution in [3.8, 4) is 11.3 Å². The number of halogens is 1. The van der Waals surface area contributed by atoms with Crippen LogP contribution in [0.15, 0.2) is 30.5 Å². The third-order valence-electron chi connectivity index (χ3n) is 4.58. The Morgan fingerprint density at radius 1 is 1.32 bits per heavy atom. The molecule has 0 aliphatic carbocycles. The first-order chi connectivity index (χ1) is 12.2. The molecule has 1 saturated heterocycles. The third-order valence-corrected chi connectivity index (χ3v) is 5.46. The summed E-state index contributed by atoms with van der Waals surface area (Å²) in [6.07, 6.45) is 3.59. The van der Waals surface area contributed by atoms with Gasteiger partial charge in [0.2, 0.25) is 10.1 Å². The molecular weight excluding hydrogens is 343 g/mol. The second kappa shape index (κ2) is 6.70. The standard InChI is InChI=1S/C17H19FN4O2S/c1-23-17(6-8-24-9-7-17)11-19-15-21-22-10-14(20-16(22)25-15)12-2-4-13(18)5-3-12/h2-5,10H,6-9,11H2,1H3,(H,19,21). The summed E-state index contributed by atoms with van der Waals surface area (Å²) in [5, 5.41) is 8.69. The van der Waals surface area contributed by atoms with Gasteiger partial charge in [-0.3, -0.25) is 0 Å². The van der Waals surface area contributed by atoms with Crippen molar-refractivity contribution in [2.24, 2.45) is 0 Å². The molecule has 1 aromatic carbocycles. The Labute approximate surface area is 148 Å². The summed E-state index contributed by atoms with van der Waals surface area (Å²) in [6, 6.07) is 6.30. The lowest BCUT2D eigenvalue weighted by atomic mass is 9.94. The van der Waals surface area contributed by atoms with Gasteiger partial charge in [0.25, 0.3) is 0 Å². The predicted molar refractivity (Wildman–Crippen MR) is 94.5 cm³/mol. The van der Waals surface area contributed by atoms with E-state index in [9.17, 15) is 4.39 Å². The molecule has 0 spiro atoms. The lowest BCUT2D eigenvalue weighted by Gasteiger charge is -2.35. The minimum atomic E-state index is -0.255. The van der Waals surface area contributed by atoms with Gasteiger partial charge in [-0.15, -0.1) is 5.10 Å². The fraction of sp³-hybridized carbons (Fsp3) is 0.412. The first kappa shape index (κ1) is 16.4. The number of nitrogens with zero attached hydrogens (tertiary/aromatic N) is 3. The molecule has 0 bridgehead atoms. The zero-order valence-electron chi connectivity index (χ0n) is 13.9. The van der Waals surface area contributed by atoms with Gasteiger partial charge in [-0.2, -0.15) is 0 Å². The molecule has 4 rings (SSSR count). The molecule has 0 atom stereocenters. The van der Waals surface area contributed by atoms with E-state index < -0.39 is 0 Å². The van der Waals surface area contributed by atoms with E-state index in [2.05, 4.69) is 15.4 Å². The van der Waals surface area contributed by atoms with Crippen molar-refractivity contribution in [3.63, 3.8) is 0 Å². The summed E-state index contributed by atoms with van der Waals surface area (Å²) < 4.78 is 25.9. The van der Waals surface area contributed by atoms with Crippen molar-refractivity contribution in [2.45, 2.75) is 18.4 Å². The van der Waals surface area contributed by atoms with E-state index in [4.69, 9.17) is 9.47 Å². The Morgan fingerprint density at radius 2 is 2.08 bits per heavy atom. The van der Waals surface area contributed by atoms with Gasteiger partial charge in [-0.1, -0.05) is 11.3 Å². The van der Waals surface area contributed by atoms with Gasteiger partial charge >= 0.3 is 0 Å². The largest absolute Gasteiger partial charge is 0.381 e. The van der Waals surface area contributed by atoms with Crippen LogP contribution in [0.4, 0.5) is 9.52 Å². The molecular formula is C17H19FN4O2S. The van der Waals surface area contributed by atoms with Crippen molar-refractivity contribution >= 4 is 21.4 Å². The number of benzene rings is 1. The van der Waals surface area contributed by atoms with Gasteiger partial charge in [0.05, 0.1) is 17.5 Å². The van der Waals surface area contributed by atoms with Crippen LogP contribution in [-0.2, 0) is 9.47 Å². The maximum Gasteiger partial charge on any atom is 0.214 e. The quantitative estimate of drug-likeness (QED) is 0.755. The number of ether oxygens (including phenoxy) is 2. The van der Waals surface area contributed by atoms with Crippen molar-refractivity contribution < 1.29 is 13.9 Å². The van der Waals surface area contributed by atoms with Crippen molar-refractivity contribution in [1.29, 1.82) is 0 Å². The lowest BCUT2D eigenvalue weighted by Crippen LogP contribution is -2.44. The average Bonchev–Trinajstić information content (AvgIpc) is 3.20. The number of rotatable bonds is 5. The van der Waals surface area contributed by atoms with E-state index in [-0.39, 0.29) is 11.4 Å². The second-order valence-electron chi connectivity index (χ2n) is 6.12. The highest BCUT2D eigenvalue weighted by Gasteiger charge is 2.32. The Bertz CT molecular complexity index is 824. The van der Waals surface area contributed by atoms with Gasteiger partial charge in [-0.05, 0) is 24.3 Å². The molecule has 1 aliphatic rings. The summed E-state index contributed by atoms with van der Waals surface area (Å²) in [5.41, 5.74) is 1.45. The van der Waals surface area contributed by atoms with Crippen LogP contribution < -0.4 is 5.32 Å². The molecule has 8 heteroatoms. The summed E-state index contributed by atoms with van der Waals surface area (Å²) in [6.45, 7) is 2.13. The van der Waals surface area contributed by atoms with Crippen molar-refractivity contribution in [2.75, 3.05) is 32.2 Å². The van der Waals surface area contributed by atoms with E-state index in [0.717, 1.165) is 47.4 Å². The Balaban J connectivity index is 1.48. The number of aromatic nitrogens is 3. The molecule has 0 radical (unpaired) electrons. The van der Waals surface area contributed by atoms with Crippen LogP contribution in [0.1, 0.15) is 12.8 Å². The normalized spacial score (nSPS) is 17.0. The predicted octanol–water partition coefficient (Wildman–Crippen LogP) is 3.20. The number of fused-ring (bicyclic) bond motifs is 1. The minimum absolute atomic E-state index is 0.203. The summed E-state index contributed by atoms with van der Waals surface area (Å²) >= 11 is 1.48. The number of anilines is 1. The summed E-state index contributed by atoms with van der Waals surface area (Å²) in [4.78, 5) is 5.36. The molecule has 0 amide bonds. The highest BCUT2D eigenvalue weighted by Crippen LogP contribution is 2.28. The summed E-state index contributed by atoms with van der Waals surface area (Å²) in [5.74, 6) is -0.255. The molecule has 1 aliphatic heterocycles. The molecule has 3 heterocycles. The zero-order chi connectivity index (χ0) is 17.3. The Morgan fingerprint density at radius 3 is 2.76 bits per heavy atom. The number of imidazole rings is 1. The fourth-order valence-corrected chi connectivity index (χ4v) is 3.74. The highest BCUT2D eigenvalue weighted by molar-refractivity contribution is 7.20. The van der Waals surface area contributed by atoms with Gasteiger partial charge in [-0.25, -0.2) is 13.9 Å². The van der Waals surface area contributed by atoms with Crippen LogP contribution in [-0.4, -0.2) is 47.1 Å². The van der Waals surface area contributed by atoms with Crippen LogP contribution in [0, 0.1) is 5.82 Å². The molecule has 1 N–H and O–H groups in total. The zero-order valence-corrected chi connectivity index (χ0v) is 14.7. The molecule has 6 nitrogen and oxygen atoms in total. The van der Waals surface area contributed by atoms with Crippen molar-refractivity contribution in [3.05, 3.63) is 36.3 Å². The molecule has 2 aromatic heterocycles. The van der Waals surface area contributed by atoms with E-state index in [0.29, 0.717) is 6.54 Å². The smallest absolute Gasteiger partial charge is 0.214 e. The topological polar surface area (TPSA) is 60.7 Å². The molecule has 0 unspecified atom stereocenters. The van der Waals surface area contributed by atoms with E-state index >= 15 is 0 Å². The second-order valence-corrected chi connectivity index (χ2v) is 7.08. The Hall–Kier alpha value is -2.03. The minimum Gasteiger partial charge on any atom is -0.381 e. The number of nitrogens with one attached hydrogen (secondary N) is 1. The van der Waals surface area contributed by atoms with Gasteiger partial charge in [0.15, 0.2) is 0 Å². The lowest BCUT2D eigenvalue weighted by molar-refractivity contribution is -0.0807. The van der Waals surface area contributed by atoms with Crippen LogP contribution in [0.3, 0.4) is 0 Å². The molecule has 0 saturated carbocycles. The van der Waals surface area contributed by atoms with Crippen LogP contribution in [0.5, 0.6) is 0 Å². The molecule has 3 aromatic rings. The summed E-state index contributed by atoms with van der Waals surface area (Å²) in [7, 11) is 1.75. The first-order valence-electron chi connectivity index (χ1n) is 8.16. The SMILES string of the molecule is COC1(CNc2nn3cc(-c4ccc(F)cc4)nc3s2)CCOCC1. The van der Waals surface area contributed by atoms with E-state index in [1.54, 1.807) is 23.8 Å². The van der Waals surface area contributed by atoms with Gasteiger partial charge in [0, 0.05) is 45.3 Å². The van der Waals surface area contributed by atoms with Crippen LogP contribution >= 0.6 is 11.3 Å². The molecule has 25 heavy (non-hydrogen) atoms. The maximum atomic E-state index is 13.0. The van der Waals surface area contributed by atoms with E-state index in [1.165, 1.54) is 23.5 Å². The highest BCUT2D eigenvalue weighted by atomic mass is 32.1. The molecule has 1 fully saturated rings. The first-order valence-corrected chi connectivity index (χ1v) is 8.98. The number of methoxy groups -OCH3 is 1. The number of hydrogen-bond acceptors (Lipinski definition) is 6. The third kappa shape index (κ3) is 3.37. The maximum absolute atomic E-state index is 13.0. The monoisotopic (exact) mass is 362 g/mol. The van der Waals surface area contributed by atoms with Gasteiger partial charge in [0.1, 0.15) is 5.82 Å². The average molecular weight is 362 g/mol. The van der Waals surface area contributed by atoms with E-state index in [1.807, 2.05) is 6.20 Å². The number of hydrogen-bond donors (Lipinski definition) is 1. The molecule has 132 valence electrons. The van der Waals surface area contributed by atoms with Crippen molar-refractivity contribution in [1.82, 2.24) is 14.6 Å². The van der Waals surface area contributed by atoms with Crippen LogP contribution in [0.2, 0.25) is 0 Å². The fourth-order valence-electron chi connectivity index (χ4n) is 2.96. The Kier molecular flexibility index (Phi) is 4.41.